The molecule has 6 rings (SSSR count). The average Bonchev–Trinajstić information content (AvgIpc) is 3.98. The first-order valence-electron chi connectivity index (χ1n) is 18.9. The zero-order chi connectivity index (χ0) is 38.6. The fourth-order valence-corrected chi connectivity index (χ4v) is 7.58. The van der Waals surface area contributed by atoms with E-state index in [9.17, 15) is 9.59 Å². The summed E-state index contributed by atoms with van der Waals surface area (Å²) in [7, 11) is 3.43. The normalized spacial score (nSPS) is 11.0. The van der Waals surface area contributed by atoms with Crippen LogP contribution in [-0.2, 0) is 22.7 Å². The van der Waals surface area contributed by atoms with Gasteiger partial charge in [-0.2, -0.15) is 10.2 Å². The lowest BCUT2D eigenvalue weighted by Crippen LogP contribution is -3.00. The number of amides is 2. The van der Waals surface area contributed by atoms with E-state index in [1.165, 1.54) is 0 Å². The van der Waals surface area contributed by atoms with Crippen LogP contribution in [0, 0.1) is 0 Å². The number of halogens is 2. The van der Waals surface area contributed by atoms with Crippen LogP contribution in [-0.4, -0.2) is 56.0 Å². The van der Waals surface area contributed by atoms with Crippen LogP contribution >= 0.6 is 21.6 Å². The van der Waals surface area contributed by atoms with Gasteiger partial charge >= 0.3 is 0 Å². The molecule has 302 valence electrons. The van der Waals surface area contributed by atoms with Gasteiger partial charge in [0.25, 0.3) is 0 Å². The summed E-state index contributed by atoms with van der Waals surface area (Å²) in [6.07, 6.45) is 26.6. The number of aromatic nitrogens is 6. The van der Waals surface area contributed by atoms with Crippen LogP contribution in [0.2, 0.25) is 0 Å². The van der Waals surface area contributed by atoms with Gasteiger partial charge in [-0.1, -0.05) is 70.2 Å². The molecule has 4 aromatic heterocycles. The number of pyridine rings is 2. The summed E-state index contributed by atoms with van der Waals surface area (Å²) in [6, 6.07) is 28.7. The van der Waals surface area contributed by atoms with Crippen LogP contribution in [0.5, 0.6) is 0 Å². The van der Waals surface area contributed by atoms with Gasteiger partial charge in [0.05, 0.1) is 11.4 Å². The summed E-state index contributed by atoms with van der Waals surface area (Å²) >= 11 is 0. The highest BCUT2D eigenvalue weighted by Crippen LogP contribution is 2.19. The number of carbonyl (C=O) groups is 2. The maximum absolute atomic E-state index is 12.3. The molecule has 0 aliphatic heterocycles. The molecule has 0 saturated carbocycles. The molecule has 58 heavy (non-hydrogen) atoms. The van der Waals surface area contributed by atoms with Gasteiger partial charge in [-0.25, -0.2) is 18.5 Å². The van der Waals surface area contributed by atoms with E-state index < -0.39 is 0 Å². The Labute approximate surface area is 361 Å². The monoisotopic (exact) mass is 854 g/mol. The van der Waals surface area contributed by atoms with Crippen LogP contribution in [0.25, 0.3) is 35.7 Å². The molecule has 14 heteroatoms. The van der Waals surface area contributed by atoms with Gasteiger partial charge in [-0.15, -0.1) is 0 Å². The van der Waals surface area contributed by atoms with Gasteiger partial charge in [0.2, 0.25) is 11.8 Å². The van der Waals surface area contributed by atoms with E-state index in [2.05, 4.69) is 152 Å². The molecule has 0 spiro atoms. The van der Waals surface area contributed by atoms with Crippen molar-refractivity contribution in [2.45, 2.75) is 38.8 Å². The van der Waals surface area contributed by atoms with Crippen LogP contribution in [0.4, 0.5) is 0 Å². The minimum absolute atomic E-state index is 0. The molecule has 10 nitrogen and oxygen atoms in total. The first-order chi connectivity index (χ1) is 27.6. The van der Waals surface area contributed by atoms with E-state index in [1.807, 2.05) is 33.9 Å². The van der Waals surface area contributed by atoms with Crippen molar-refractivity contribution in [1.82, 2.24) is 30.2 Å². The lowest BCUT2D eigenvalue weighted by atomic mass is 10.1. The Morgan fingerprint density at radius 3 is 1.26 bits per heavy atom. The quantitative estimate of drug-likeness (QED) is 0.0634. The van der Waals surface area contributed by atoms with Crippen LogP contribution in [0.1, 0.15) is 47.9 Å². The lowest BCUT2D eigenvalue weighted by molar-refractivity contribution is -0.697. The molecular formula is C44H48Cl2N8O2S2. The van der Waals surface area contributed by atoms with E-state index in [-0.39, 0.29) is 36.6 Å². The molecule has 0 bridgehead atoms. The number of rotatable bonds is 21. The second-order valence-corrected chi connectivity index (χ2v) is 15.7. The van der Waals surface area contributed by atoms with E-state index in [1.54, 1.807) is 34.0 Å². The third-order valence-corrected chi connectivity index (χ3v) is 11.2. The molecule has 0 aliphatic carbocycles. The van der Waals surface area contributed by atoms with Gasteiger partial charge in [0, 0.05) is 99.3 Å². The fraction of sp³-hybridized carbons (Fsp3) is 0.227. The van der Waals surface area contributed by atoms with Gasteiger partial charge < -0.3 is 35.4 Å². The first-order valence-corrected chi connectivity index (χ1v) is 21.4. The third-order valence-electron chi connectivity index (χ3n) is 8.83. The largest absolute Gasteiger partial charge is 1.00 e. The van der Waals surface area contributed by atoms with Crippen molar-refractivity contribution in [3.63, 3.8) is 0 Å². The van der Waals surface area contributed by atoms with Crippen molar-refractivity contribution in [3.05, 3.63) is 157 Å². The highest BCUT2D eigenvalue weighted by molar-refractivity contribution is 8.76. The Bertz CT molecular complexity index is 1970. The number of nitrogens with one attached hydrogen (secondary N) is 2. The van der Waals surface area contributed by atoms with Gasteiger partial charge in [0.1, 0.15) is 13.1 Å². The predicted molar refractivity (Wildman–Crippen MR) is 228 cm³/mol. The Kier molecular flexibility index (Phi) is 19.9. The van der Waals surface area contributed by atoms with Gasteiger partial charge in [-0.05, 0) is 58.7 Å². The number of benzene rings is 2. The smallest absolute Gasteiger partial charge is 0.220 e. The minimum atomic E-state index is 0. The lowest BCUT2D eigenvalue weighted by Gasteiger charge is -2.06. The predicted octanol–water partition coefficient (Wildman–Crippen LogP) is 0.856. The molecule has 0 atom stereocenters. The molecule has 0 aliphatic rings. The van der Waals surface area contributed by atoms with Crippen LogP contribution < -0.4 is 44.6 Å². The Balaban J connectivity index is 0.00000372. The second kappa shape index (κ2) is 25.3. The zero-order valence-corrected chi connectivity index (χ0v) is 35.3. The summed E-state index contributed by atoms with van der Waals surface area (Å²) in [5.41, 5.74) is 6.56. The summed E-state index contributed by atoms with van der Waals surface area (Å²) in [5.74, 6) is 1.82. The molecule has 6 aromatic rings. The topological polar surface area (TPSA) is 102 Å². The van der Waals surface area contributed by atoms with E-state index in [4.69, 9.17) is 0 Å². The Morgan fingerprint density at radius 2 is 0.914 bits per heavy atom. The summed E-state index contributed by atoms with van der Waals surface area (Å²) < 4.78 is 7.90. The average molecular weight is 856 g/mol. The molecule has 0 radical (unpaired) electrons. The van der Waals surface area contributed by atoms with Crippen molar-refractivity contribution in [3.8, 4) is 11.4 Å². The molecule has 0 saturated heterocycles. The van der Waals surface area contributed by atoms with E-state index >= 15 is 0 Å². The molecule has 0 fully saturated rings. The minimum Gasteiger partial charge on any atom is -1.00 e. The highest BCUT2D eigenvalue weighted by Gasteiger charge is 2.07. The third kappa shape index (κ3) is 15.7. The highest BCUT2D eigenvalue weighted by atomic mass is 35.5. The molecular weight excluding hydrogens is 808 g/mol. The maximum atomic E-state index is 12.3. The first kappa shape index (κ1) is 45.6. The molecule has 2 aromatic carbocycles. The SMILES string of the molecule is O=C(CCC[n+]1ccc(/C=C/c2ccc(-n3cccn3)cc2)cc1)NCCSSCCNC(=O)CCC[n+]1ccc(/C=C/c2ccc(-n3cccn3)cc2)cc1.[Cl-].[Cl-]. The number of aryl methyl sites for hydroxylation is 2. The van der Waals surface area contributed by atoms with Gasteiger partial charge in [-0.3, -0.25) is 9.59 Å². The number of nitrogens with zero attached hydrogens (tertiary/aromatic N) is 6. The van der Waals surface area contributed by atoms with Crippen molar-refractivity contribution < 1.29 is 43.5 Å². The van der Waals surface area contributed by atoms with Crippen molar-refractivity contribution in [2.75, 3.05) is 24.6 Å². The molecule has 4 heterocycles. The molecule has 2 N–H and O–H groups in total. The molecule has 0 unspecified atom stereocenters. The number of hydrogen-bond donors (Lipinski definition) is 2. The van der Waals surface area contributed by atoms with Crippen molar-refractivity contribution >= 4 is 57.7 Å². The molecule has 2 amide bonds. The zero-order valence-electron chi connectivity index (χ0n) is 32.2. The summed E-state index contributed by atoms with van der Waals surface area (Å²) in [4.78, 5) is 24.6. The Hall–Kier alpha value is -5.14. The second-order valence-electron chi connectivity index (χ2n) is 13.0. The summed E-state index contributed by atoms with van der Waals surface area (Å²) in [5, 5.41) is 14.6. The van der Waals surface area contributed by atoms with Gasteiger partial charge in [0.15, 0.2) is 24.8 Å². The van der Waals surface area contributed by atoms with E-state index in [0.717, 1.165) is 71.1 Å². The summed E-state index contributed by atoms with van der Waals surface area (Å²) in [6.45, 7) is 2.86. The fourth-order valence-electron chi connectivity index (χ4n) is 5.77. The van der Waals surface area contributed by atoms with Crippen molar-refractivity contribution in [1.29, 1.82) is 0 Å². The maximum Gasteiger partial charge on any atom is 0.220 e. The number of carbonyl (C=O) groups excluding carboxylic acids is 2. The van der Waals surface area contributed by atoms with Crippen LogP contribution in [0.3, 0.4) is 0 Å². The van der Waals surface area contributed by atoms with Crippen molar-refractivity contribution in [2.24, 2.45) is 0 Å². The van der Waals surface area contributed by atoms with Crippen LogP contribution in [0.15, 0.2) is 135 Å². The van der Waals surface area contributed by atoms with E-state index in [0.29, 0.717) is 25.9 Å². The number of hydrogen-bond acceptors (Lipinski definition) is 6. The Morgan fingerprint density at radius 1 is 0.552 bits per heavy atom. The standard InChI is InChI=1S/C44H46N8O2S2.2ClH/c53-43(5-1-27-49-31-19-39(20-32-49)9-7-37-11-15-41(16-12-37)51-29-3-23-47-51)45-25-35-55-56-36-26-46-44(54)6-2-28-50-33-21-40(22-34-50)10-8-38-13-17-42(18-14-38)52-30-4-24-48-52;;/h3-4,7-24,29-34H,1-2,5-6,25-28,35-36H2;2*1H.